The lowest BCUT2D eigenvalue weighted by Gasteiger charge is -2.20. The zero-order valence-corrected chi connectivity index (χ0v) is 15.4. The van der Waals surface area contributed by atoms with Crippen molar-refractivity contribution in [1.29, 1.82) is 0 Å². The van der Waals surface area contributed by atoms with Crippen LogP contribution in [-0.2, 0) is 0 Å². The van der Waals surface area contributed by atoms with Crippen molar-refractivity contribution in [3.63, 3.8) is 0 Å². The van der Waals surface area contributed by atoms with E-state index in [4.69, 9.17) is 9.47 Å². The molecule has 1 aromatic rings. The number of rotatable bonds is 8. The van der Waals surface area contributed by atoms with E-state index in [9.17, 15) is 0 Å². The fraction of sp³-hybridized carbons (Fsp3) is 0.500. The summed E-state index contributed by atoms with van der Waals surface area (Å²) in [7, 11) is 5.35. The van der Waals surface area contributed by atoms with Gasteiger partial charge in [-0.3, -0.25) is 4.90 Å². The van der Waals surface area contributed by atoms with Gasteiger partial charge in [0.15, 0.2) is 0 Å². The van der Waals surface area contributed by atoms with Gasteiger partial charge in [-0.05, 0) is 63.2 Å². The number of ether oxygens (including phenoxy) is 2. The van der Waals surface area contributed by atoms with Gasteiger partial charge in [-0.15, -0.1) is 0 Å². The molecule has 0 radical (unpaired) electrons. The Morgan fingerprint density at radius 1 is 1.25 bits per heavy atom. The third-order valence-corrected chi connectivity index (χ3v) is 4.69. The summed E-state index contributed by atoms with van der Waals surface area (Å²) in [5, 5.41) is 3.38. The Morgan fingerprint density at radius 2 is 1.83 bits per heavy atom. The van der Waals surface area contributed by atoms with Crippen LogP contribution in [-0.4, -0.2) is 45.8 Å². The van der Waals surface area contributed by atoms with Gasteiger partial charge in [-0.25, -0.2) is 0 Å². The first-order valence-corrected chi connectivity index (χ1v) is 8.58. The van der Waals surface area contributed by atoms with Crippen LogP contribution in [0.25, 0.3) is 0 Å². The van der Waals surface area contributed by atoms with Crippen molar-refractivity contribution < 1.29 is 9.47 Å². The molecular formula is C20H30N2O2. The third-order valence-electron chi connectivity index (χ3n) is 4.69. The van der Waals surface area contributed by atoms with Gasteiger partial charge in [0.1, 0.15) is 11.5 Å². The van der Waals surface area contributed by atoms with Gasteiger partial charge < -0.3 is 14.8 Å². The van der Waals surface area contributed by atoms with E-state index in [1.165, 1.54) is 31.5 Å². The number of methoxy groups -OCH3 is 2. The highest BCUT2D eigenvalue weighted by Gasteiger charge is 2.16. The average molecular weight is 330 g/mol. The monoisotopic (exact) mass is 330 g/mol. The predicted molar refractivity (Wildman–Crippen MR) is 100 cm³/mol. The molecular weight excluding hydrogens is 300 g/mol. The predicted octanol–water partition coefficient (Wildman–Crippen LogP) is 3.48. The van der Waals surface area contributed by atoms with E-state index in [-0.39, 0.29) is 6.04 Å². The molecule has 0 bridgehead atoms. The summed E-state index contributed by atoms with van der Waals surface area (Å²) < 4.78 is 11.0. The molecule has 1 aliphatic rings. The minimum atomic E-state index is 0.0870. The second-order valence-electron chi connectivity index (χ2n) is 6.25. The first kappa shape index (κ1) is 18.6. The van der Waals surface area contributed by atoms with Crippen LogP contribution in [0.1, 0.15) is 30.0 Å². The Balaban J connectivity index is 2.28. The molecule has 0 spiro atoms. The van der Waals surface area contributed by atoms with Gasteiger partial charge in [0.25, 0.3) is 0 Å². The fourth-order valence-corrected chi connectivity index (χ4v) is 3.23. The van der Waals surface area contributed by atoms with Crippen LogP contribution in [0.5, 0.6) is 11.5 Å². The van der Waals surface area contributed by atoms with Crippen LogP contribution in [0.2, 0.25) is 0 Å². The number of hydrogen-bond donors (Lipinski definition) is 1. The standard InChI is InChI=1S/C20H30N2O2/c1-6-16(14-22-9-7-8-10-22)11-18(21-3)17-12-19(23-4)15(2)20(13-17)24-5/h6,11-13,18,21H,1,7-10,14H2,2-5H3/b16-11+. The van der Waals surface area contributed by atoms with Crippen molar-refractivity contribution in [1.82, 2.24) is 10.2 Å². The summed E-state index contributed by atoms with van der Waals surface area (Å²) in [6, 6.07) is 4.24. The highest BCUT2D eigenvalue weighted by Crippen LogP contribution is 2.32. The van der Waals surface area contributed by atoms with Gasteiger partial charge >= 0.3 is 0 Å². The lowest BCUT2D eigenvalue weighted by atomic mass is 10.0. The third kappa shape index (κ3) is 4.40. The van der Waals surface area contributed by atoms with Crippen LogP contribution in [0.4, 0.5) is 0 Å². The lowest BCUT2D eigenvalue weighted by Crippen LogP contribution is -2.23. The topological polar surface area (TPSA) is 33.7 Å². The average Bonchev–Trinajstić information content (AvgIpc) is 3.12. The second-order valence-corrected chi connectivity index (χ2v) is 6.25. The summed E-state index contributed by atoms with van der Waals surface area (Å²) in [4.78, 5) is 2.48. The number of hydrogen-bond acceptors (Lipinski definition) is 4. The summed E-state index contributed by atoms with van der Waals surface area (Å²) in [6.07, 6.45) is 6.80. The van der Waals surface area contributed by atoms with Gasteiger partial charge in [0, 0.05) is 12.1 Å². The molecule has 24 heavy (non-hydrogen) atoms. The van der Waals surface area contributed by atoms with E-state index < -0.39 is 0 Å². The molecule has 1 aliphatic heterocycles. The largest absolute Gasteiger partial charge is 0.496 e. The number of benzene rings is 1. The normalized spacial score (nSPS) is 16.9. The summed E-state index contributed by atoms with van der Waals surface area (Å²) in [6.45, 7) is 9.33. The minimum absolute atomic E-state index is 0.0870. The maximum atomic E-state index is 5.50. The van der Waals surface area contributed by atoms with Crippen LogP contribution >= 0.6 is 0 Å². The van der Waals surface area contributed by atoms with Crippen molar-refractivity contribution in [3.8, 4) is 11.5 Å². The number of likely N-dealkylation sites (N-methyl/N-ethyl adjacent to an activating group) is 1. The van der Waals surface area contributed by atoms with Crippen LogP contribution < -0.4 is 14.8 Å². The molecule has 0 aromatic heterocycles. The Bertz CT molecular complexity index is 564. The van der Waals surface area contributed by atoms with E-state index in [1.54, 1.807) is 14.2 Å². The first-order chi connectivity index (χ1) is 11.6. The smallest absolute Gasteiger partial charge is 0.125 e. The molecule has 1 N–H and O–H groups in total. The Morgan fingerprint density at radius 3 is 2.29 bits per heavy atom. The van der Waals surface area contributed by atoms with Gasteiger partial charge in [-0.2, -0.15) is 0 Å². The molecule has 1 heterocycles. The molecule has 1 unspecified atom stereocenters. The summed E-state index contributed by atoms with van der Waals surface area (Å²) >= 11 is 0. The van der Waals surface area contributed by atoms with Crippen LogP contribution in [0.15, 0.2) is 36.4 Å². The van der Waals surface area contributed by atoms with E-state index in [0.29, 0.717) is 0 Å². The molecule has 0 saturated carbocycles. The highest BCUT2D eigenvalue weighted by molar-refractivity contribution is 5.49. The lowest BCUT2D eigenvalue weighted by molar-refractivity contribution is 0.370. The SMILES string of the molecule is C=C/C(=C\C(NC)c1cc(OC)c(C)c(OC)c1)CN1CCCC1. The number of nitrogens with zero attached hydrogens (tertiary/aromatic N) is 1. The molecule has 4 heteroatoms. The van der Waals surface area contributed by atoms with Crippen molar-refractivity contribution in [2.45, 2.75) is 25.8 Å². The van der Waals surface area contributed by atoms with E-state index >= 15 is 0 Å². The minimum Gasteiger partial charge on any atom is -0.496 e. The highest BCUT2D eigenvalue weighted by atomic mass is 16.5. The summed E-state index contributed by atoms with van der Waals surface area (Å²) in [5.41, 5.74) is 3.39. The van der Waals surface area contributed by atoms with E-state index in [1.807, 2.05) is 20.0 Å². The molecule has 132 valence electrons. The zero-order valence-electron chi connectivity index (χ0n) is 15.4. The first-order valence-electron chi connectivity index (χ1n) is 8.58. The van der Waals surface area contributed by atoms with Gasteiger partial charge in [-0.1, -0.05) is 18.7 Å². The fourth-order valence-electron chi connectivity index (χ4n) is 3.23. The molecule has 0 aliphatic carbocycles. The molecule has 4 nitrogen and oxygen atoms in total. The van der Waals surface area contributed by atoms with Crippen molar-refractivity contribution >= 4 is 0 Å². The Labute approximate surface area is 146 Å². The molecule has 1 fully saturated rings. The maximum absolute atomic E-state index is 5.50. The van der Waals surface area contributed by atoms with Crippen molar-refractivity contribution in [2.24, 2.45) is 0 Å². The van der Waals surface area contributed by atoms with Crippen LogP contribution in [0, 0.1) is 6.92 Å². The number of nitrogens with one attached hydrogen (secondary N) is 1. The van der Waals surface area contributed by atoms with Crippen LogP contribution in [0.3, 0.4) is 0 Å². The quantitative estimate of drug-likeness (QED) is 0.740. The second kappa shape index (κ2) is 8.90. The van der Waals surface area contributed by atoms with E-state index in [2.05, 4.69) is 35.0 Å². The molecule has 2 rings (SSSR count). The van der Waals surface area contributed by atoms with E-state index in [0.717, 1.165) is 29.2 Å². The van der Waals surface area contributed by atoms with Gasteiger partial charge in [0.05, 0.1) is 20.3 Å². The molecule has 1 aromatic carbocycles. The Hall–Kier alpha value is -1.78. The van der Waals surface area contributed by atoms with Gasteiger partial charge in [0.2, 0.25) is 0 Å². The summed E-state index contributed by atoms with van der Waals surface area (Å²) in [5.74, 6) is 1.69. The van der Waals surface area contributed by atoms with Crippen molar-refractivity contribution in [3.05, 3.63) is 47.6 Å². The molecule has 1 saturated heterocycles. The van der Waals surface area contributed by atoms with Crippen molar-refractivity contribution in [2.75, 3.05) is 40.9 Å². The number of likely N-dealkylation sites (tertiary alicyclic amines) is 1. The Kier molecular flexibility index (Phi) is 6.88. The maximum Gasteiger partial charge on any atom is 0.125 e. The molecule has 0 amide bonds. The zero-order chi connectivity index (χ0) is 17.5. The molecule has 1 atom stereocenters.